The lowest BCUT2D eigenvalue weighted by Gasteiger charge is -2.32. The summed E-state index contributed by atoms with van der Waals surface area (Å²) in [6.45, 7) is 7.00. The van der Waals surface area contributed by atoms with Crippen molar-refractivity contribution in [2.45, 2.75) is 45.2 Å². The lowest BCUT2D eigenvalue weighted by molar-refractivity contribution is 0.235. The van der Waals surface area contributed by atoms with Gasteiger partial charge in [-0.05, 0) is 19.8 Å². The van der Waals surface area contributed by atoms with Gasteiger partial charge in [0.15, 0.2) is 0 Å². The summed E-state index contributed by atoms with van der Waals surface area (Å²) in [6, 6.07) is 0.692. The Morgan fingerprint density at radius 2 is 2.00 bits per heavy atom. The van der Waals surface area contributed by atoms with Gasteiger partial charge in [-0.2, -0.15) is 0 Å². The molecule has 10 heavy (non-hydrogen) atoms. The van der Waals surface area contributed by atoms with E-state index in [0.29, 0.717) is 17.0 Å². The summed E-state index contributed by atoms with van der Waals surface area (Å²) in [5.74, 6) is 0. The van der Waals surface area contributed by atoms with Gasteiger partial charge in [0.2, 0.25) is 0 Å². The van der Waals surface area contributed by atoms with Crippen LogP contribution in [-0.4, -0.2) is 11.6 Å². The van der Waals surface area contributed by atoms with Gasteiger partial charge in [0.1, 0.15) is 0 Å². The molecule has 0 radical (unpaired) electrons. The van der Waals surface area contributed by atoms with Crippen LogP contribution in [0.3, 0.4) is 0 Å². The molecule has 2 heteroatoms. The third-order valence-corrected chi connectivity index (χ3v) is 3.75. The second kappa shape index (κ2) is 1.56. The van der Waals surface area contributed by atoms with Crippen LogP contribution in [0.2, 0.25) is 0 Å². The van der Waals surface area contributed by atoms with Crippen LogP contribution in [0.25, 0.3) is 0 Å². The largest absolute Gasteiger partial charge is 0.254 e. The van der Waals surface area contributed by atoms with Crippen molar-refractivity contribution in [1.29, 1.82) is 0 Å². The summed E-state index contributed by atoms with van der Waals surface area (Å²) in [7, 11) is 0. The summed E-state index contributed by atoms with van der Waals surface area (Å²) in [6.07, 6.45) is 2.65. The van der Waals surface area contributed by atoms with Gasteiger partial charge in [-0.3, -0.25) is 10.9 Å². The number of fused-ring (bicyclic) bond motifs is 2. The highest BCUT2D eigenvalue weighted by molar-refractivity contribution is 5.12. The lowest BCUT2D eigenvalue weighted by Crippen LogP contribution is -2.47. The van der Waals surface area contributed by atoms with Crippen molar-refractivity contribution >= 4 is 0 Å². The first kappa shape index (κ1) is 6.62. The van der Waals surface area contributed by atoms with E-state index >= 15 is 0 Å². The van der Waals surface area contributed by atoms with Gasteiger partial charge in [-0.25, -0.2) is 0 Å². The molecule has 1 saturated heterocycles. The van der Waals surface area contributed by atoms with Gasteiger partial charge >= 0.3 is 0 Å². The van der Waals surface area contributed by atoms with Crippen molar-refractivity contribution in [3.8, 4) is 0 Å². The van der Waals surface area contributed by atoms with Crippen LogP contribution in [0.4, 0.5) is 0 Å². The van der Waals surface area contributed by atoms with E-state index in [4.69, 9.17) is 0 Å². The van der Waals surface area contributed by atoms with Crippen molar-refractivity contribution < 1.29 is 0 Å². The van der Waals surface area contributed by atoms with E-state index in [1.165, 1.54) is 12.8 Å². The summed E-state index contributed by atoms with van der Waals surface area (Å²) in [5.41, 5.74) is 7.49. The van der Waals surface area contributed by atoms with E-state index in [9.17, 15) is 0 Å². The third kappa shape index (κ3) is 0.523. The third-order valence-electron chi connectivity index (χ3n) is 3.75. The molecule has 0 amide bonds. The molecule has 1 heterocycles. The molecule has 1 saturated carbocycles. The Balaban J connectivity index is 2.37. The predicted octanol–water partition coefficient (Wildman–Crippen LogP) is 1.04. The van der Waals surface area contributed by atoms with Gasteiger partial charge in [-0.1, -0.05) is 13.8 Å². The van der Waals surface area contributed by atoms with Crippen LogP contribution in [0, 0.1) is 5.41 Å². The smallest absolute Gasteiger partial charge is 0.0362 e. The maximum atomic E-state index is 3.37. The fourth-order valence-electron chi connectivity index (χ4n) is 2.22. The molecule has 2 nitrogen and oxygen atoms in total. The molecule has 2 fully saturated rings. The summed E-state index contributed by atoms with van der Waals surface area (Å²) < 4.78 is 0. The first-order chi connectivity index (χ1) is 4.56. The molecule has 2 atom stereocenters. The maximum Gasteiger partial charge on any atom is 0.0362 e. The molecular formula is C8H16N2. The minimum Gasteiger partial charge on any atom is -0.254 e. The van der Waals surface area contributed by atoms with Crippen LogP contribution in [0.5, 0.6) is 0 Å². The first-order valence-electron chi connectivity index (χ1n) is 4.09. The van der Waals surface area contributed by atoms with Gasteiger partial charge in [-0.15, -0.1) is 0 Å². The molecule has 58 valence electrons. The number of hydrazine groups is 1. The van der Waals surface area contributed by atoms with E-state index < -0.39 is 0 Å². The van der Waals surface area contributed by atoms with E-state index in [1.54, 1.807) is 0 Å². The quantitative estimate of drug-likeness (QED) is 0.525. The molecule has 0 aromatic carbocycles. The Morgan fingerprint density at radius 3 is 2.10 bits per heavy atom. The second-order valence-corrected chi connectivity index (χ2v) is 4.41. The monoisotopic (exact) mass is 140 g/mol. The van der Waals surface area contributed by atoms with Crippen LogP contribution < -0.4 is 10.9 Å². The minimum absolute atomic E-state index is 0.345. The highest BCUT2D eigenvalue weighted by Gasteiger charge is 2.56. The predicted molar refractivity (Wildman–Crippen MR) is 41.5 cm³/mol. The van der Waals surface area contributed by atoms with Crippen molar-refractivity contribution in [2.24, 2.45) is 5.41 Å². The maximum absolute atomic E-state index is 3.37. The Labute approximate surface area is 62.4 Å². The standard InChI is InChI=1S/C8H16N2/c1-7(2)6-4-5-8(7,3)10-9-6/h6,9-10H,4-5H2,1-3H3. The second-order valence-electron chi connectivity index (χ2n) is 4.41. The molecule has 0 aromatic heterocycles. The van der Waals surface area contributed by atoms with E-state index in [1.807, 2.05) is 0 Å². The van der Waals surface area contributed by atoms with Crippen LogP contribution in [0.15, 0.2) is 0 Å². The fourth-order valence-corrected chi connectivity index (χ4v) is 2.22. The normalized spacial score (nSPS) is 50.1. The van der Waals surface area contributed by atoms with Crippen molar-refractivity contribution in [1.82, 2.24) is 10.9 Å². The van der Waals surface area contributed by atoms with E-state index in [0.717, 1.165) is 0 Å². The van der Waals surface area contributed by atoms with Crippen LogP contribution in [-0.2, 0) is 0 Å². The molecule has 2 rings (SSSR count). The van der Waals surface area contributed by atoms with Gasteiger partial charge in [0.05, 0.1) is 0 Å². The average molecular weight is 140 g/mol. The van der Waals surface area contributed by atoms with E-state index in [-0.39, 0.29) is 0 Å². The molecule has 0 aromatic rings. The van der Waals surface area contributed by atoms with Gasteiger partial charge in [0.25, 0.3) is 0 Å². The fraction of sp³-hybridized carbons (Fsp3) is 1.00. The van der Waals surface area contributed by atoms with Crippen LogP contribution >= 0.6 is 0 Å². The zero-order valence-corrected chi connectivity index (χ0v) is 6.99. The lowest BCUT2D eigenvalue weighted by atomic mass is 9.76. The van der Waals surface area contributed by atoms with Gasteiger partial charge in [0, 0.05) is 17.0 Å². The Kier molecular flexibility index (Phi) is 1.03. The number of hydrogen-bond donors (Lipinski definition) is 2. The van der Waals surface area contributed by atoms with Gasteiger partial charge < -0.3 is 0 Å². The molecule has 0 spiro atoms. The molecule has 2 bridgehead atoms. The zero-order valence-electron chi connectivity index (χ0n) is 6.99. The Bertz CT molecular complexity index is 152. The zero-order chi connectivity index (χ0) is 7.41. The highest BCUT2D eigenvalue weighted by atomic mass is 15.5. The number of hydrogen-bond acceptors (Lipinski definition) is 2. The summed E-state index contributed by atoms with van der Waals surface area (Å²) in [5, 5.41) is 0. The summed E-state index contributed by atoms with van der Waals surface area (Å²) >= 11 is 0. The molecule has 1 aliphatic heterocycles. The van der Waals surface area contributed by atoms with Crippen molar-refractivity contribution in [3.05, 3.63) is 0 Å². The minimum atomic E-state index is 0.345. The SMILES string of the molecule is CC12CCC(NN1)C2(C)C. The number of rotatable bonds is 0. The topological polar surface area (TPSA) is 24.1 Å². The molecule has 2 aliphatic rings. The van der Waals surface area contributed by atoms with Crippen molar-refractivity contribution in [2.75, 3.05) is 0 Å². The summed E-state index contributed by atoms with van der Waals surface area (Å²) in [4.78, 5) is 0. The van der Waals surface area contributed by atoms with E-state index in [2.05, 4.69) is 31.6 Å². The van der Waals surface area contributed by atoms with Crippen molar-refractivity contribution in [3.63, 3.8) is 0 Å². The van der Waals surface area contributed by atoms with Crippen LogP contribution in [0.1, 0.15) is 33.6 Å². The Hall–Kier alpha value is -0.0800. The molecule has 2 unspecified atom stereocenters. The molecule has 2 N–H and O–H groups in total. The average Bonchev–Trinajstić information content (AvgIpc) is 2.18. The first-order valence-corrected chi connectivity index (χ1v) is 4.09. The Morgan fingerprint density at radius 1 is 1.30 bits per heavy atom. The molecular weight excluding hydrogens is 124 g/mol. The number of nitrogens with one attached hydrogen (secondary N) is 2. The highest BCUT2D eigenvalue weighted by Crippen LogP contribution is 2.48. The molecule has 1 aliphatic carbocycles.